The minimum absolute atomic E-state index is 0.0422. The van der Waals surface area contributed by atoms with Crippen LogP contribution in [0.4, 0.5) is 5.69 Å². The van der Waals surface area contributed by atoms with E-state index >= 15 is 0 Å². The number of anilines is 1. The number of nitrogens with one attached hydrogen (secondary N) is 1. The molecule has 1 N–H and O–H groups in total. The molecule has 0 radical (unpaired) electrons. The van der Waals surface area contributed by atoms with E-state index in [1.807, 2.05) is 52.0 Å². The molecule has 3 rings (SSSR count). The lowest BCUT2D eigenvalue weighted by molar-refractivity contribution is -0.140. The lowest BCUT2D eigenvalue weighted by Gasteiger charge is -2.33. The standard InChI is InChI=1S/C31H38ClN3O4S/c1-5-7-20-33-31(37)28(6-2)34(21-25-13-9-8-12-24(25)4)30(36)22-35(29-15-11-10-14-27(29)32)40(38,39)26-18-16-23(3)17-19-26/h8-19,28H,5-7,20-22H2,1-4H3,(H,33,37)/t28-/m1/s1. The fourth-order valence-corrected chi connectivity index (χ4v) is 6.12. The van der Waals surface area contributed by atoms with Gasteiger partial charge in [0.1, 0.15) is 12.6 Å². The molecular formula is C31H38ClN3O4S. The molecule has 9 heteroatoms. The van der Waals surface area contributed by atoms with Crippen LogP contribution in [0.3, 0.4) is 0 Å². The van der Waals surface area contributed by atoms with Crippen molar-refractivity contribution in [3.05, 3.63) is 94.5 Å². The van der Waals surface area contributed by atoms with E-state index in [1.54, 1.807) is 36.4 Å². The van der Waals surface area contributed by atoms with Gasteiger partial charge in [0.25, 0.3) is 10.0 Å². The second-order valence-corrected chi connectivity index (χ2v) is 12.1. The molecule has 0 aliphatic heterocycles. The van der Waals surface area contributed by atoms with Crippen LogP contribution in [-0.4, -0.2) is 44.3 Å². The Morgan fingerprint density at radius 2 is 1.57 bits per heavy atom. The fourth-order valence-electron chi connectivity index (χ4n) is 4.40. The third kappa shape index (κ3) is 7.64. The third-order valence-electron chi connectivity index (χ3n) is 6.83. The van der Waals surface area contributed by atoms with Gasteiger partial charge in [0.2, 0.25) is 11.8 Å². The second kappa shape index (κ2) is 14.3. The highest BCUT2D eigenvalue weighted by molar-refractivity contribution is 7.92. The van der Waals surface area contributed by atoms with Crippen molar-refractivity contribution in [3.8, 4) is 0 Å². The summed E-state index contributed by atoms with van der Waals surface area (Å²) in [5.41, 5.74) is 2.94. The van der Waals surface area contributed by atoms with Crippen LogP contribution in [0, 0.1) is 13.8 Å². The molecule has 2 amide bonds. The zero-order valence-electron chi connectivity index (χ0n) is 23.6. The van der Waals surface area contributed by atoms with E-state index in [2.05, 4.69) is 5.32 Å². The predicted molar refractivity (Wildman–Crippen MR) is 161 cm³/mol. The Labute approximate surface area is 243 Å². The molecular weight excluding hydrogens is 546 g/mol. The number of carbonyl (C=O) groups excluding carboxylic acids is 2. The van der Waals surface area contributed by atoms with Crippen LogP contribution in [0.25, 0.3) is 0 Å². The van der Waals surface area contributed by atoms with Crippen molar-refractivity contribution in [2.24, 2.45) is 0 Å². The molecule has 3 aromatic rings. The van der Waals surface area contributed by atoms with E-state index in [-0.39, 0.29) is 28.1 Å². The van der Waals surface area contributed by atoms with Crippen LogP contribution in [0.1, 0.15) is 49.8 Å². The lowest BCUT2D eigenvalue weighted by Crippen LogP contribution is -2.52. The number of aryl methyl sites for hydroxylation is 2. The number of amides is 2. The Hall–Kier alpha value is -3.36. The number of hydrogen-bond acceptors (Lipinski definition) is 4. The van der Waals surface area contributed by atoms with Gasteiger partial charge in [0, 0.05) is 13.1 Å². The quantitative estimate of drug-likeness (QED) is 0.255. The van der Waals surface area contributed by atoms with Crippen LogP contribution in [0.2, 0.25) is 5.02 Å². The molecule has 0 aliphatic carbocycles. The zero-order chi connectivity index (χ0) is 29.3. The van der Waals surface area contributed by atoms with Crippen molar-refractivity contribution in [1.29, 1.82) is 0 Å². The van der Waals surface area contributed by atoms with Gasteiger partial charge in [-0.3, -0.25) is 13.9 Å². The van der Waals surface area contributed by atoms with Crippen LogP contribution in [-0.2, 0) is 26.2 Å². The first kappa shape index (κ1) is 31.2. The number of hydrogen-bond donors (Lipinski definition) is 1. The summed E-state index contributed by atoms with van der Waals surface area (Å²) >= 11 is 6.47. The van der Waals surface area contributed by atoms with E-state index in [0.29, 0.717) is 13.0 Å². The fraction of sp³-hybridized carbons (Fsp3) is 0.355. The first-order valence-electron chi connectivity index (χ1n) is 13.6. The topological polar surface area (TPSA) is 86.8 Å². The van der Waals surface area contributed by atoms with E-state index in [9.17, 15) is 18.0 Å². The summed E-state index contributed by atoms with van der Waals surface area (Å²) < 4.78 is 28.9. The van der Waals surface area contributed by atoms with Crippen molar-refractivity contribution in [2.45, 2.75) is 64.4 Å². The lowest BCUT2D eigenvalue weighted by atomic mass is 10.1. The Balaban J connectivity index is 2.06. The largest absolute Gasteiger partial charge is 0.354 e. The summed E-state index contributed by atoms with van der Waals surface area (Å²) in [4.78, 5) is 28.9. The van der Waals surface area contributed by atoms with Gasteiger partial charge in [-0.15, -0.1) is 0 Å². The average molecular weight is 584 g/mol. The van der Waals surface area contributed by atoms with Crippen LogP contribution >= 0.6 is 11.6 Å². The van der Waals surface area contributed by atoms with Crippen LogP contribution < -0.4 is 9.62 Å². The maximum absolute atomic E-state index is 14.1. The van der Waals surface area contributed by atoms with Crippen molar-refractivity contribution in [3.63, 3.8) is 0 Å². The normalized spacial score (nSPS) is 12.0. The maximum Gasteiger partial charge on any atom is 0.264 e. The zero-order valence-corrected chi connectivity index (χ0v) is 25.1. The number of halogens is 1. The monoisotopic (exact) mass is 583 g/mol. The average Bonchev–Trinajstić information content (AvgIpc) is 2.93. The van der Waals surface area contributed by atoms with Crippen molar-refractivity contribution >= 4 is 39.1 Å². The van der Waals surface area contributed by atoms with Gasteiger partial charge in [-0.05, 0) is 62.1 Å². The SMILES string of the molecule is CCCCNC(=O)[C@@H](CC)N(Cc1ccccc1C)C(=O)CN(c1ccccc1Cl)S(=O)(=O)c1ccc(C)cc1. The summed E-state index contributed by atoms with van der Waals surface area (Å²) in [6, 6.07) is 19.8. The van der Waals surface area contributed by atoms with Crippen LogP contribution in [0.5, 0.6) is 0 Å². The number of carbonyl (C=O) groups is 2. The smallest absolute Gasteiger partial charge is 0.264 e. The number of para-hydroxylation sites is 1. The number of unbranched alkanes of at least 4 members (excludes halogenated alkanes) is 1. The summed E-state index contributed by atoms with van der Waals surface area (Å²) in [6.45, 7) is 7.83. The first-order chi connectivity index (χ1) is 19.1. The molecule has 40 heavy (non-hydrogen) atoms. The van der Waals surface area contributed by atoms with Crippen molar-refractivity contribution in [1.82, 2.24) is 10.2 Å². The summed E-state index contributed by atoms with van der Waals surface area (Å²) in [7, 11) is -4.17. The first-order valence-corrected chi connectivity index (χ1v) is 15.4. The van der Waals surface area contributed by atoms with Gasteiger partial charge in [-0.2, -0.15) is 0 Å². The van der Waals surface area contributed by atoms with Crippen molar-refractivity contribution < 1.29 is 18.0 Å². The number of benzene rings is 3. The van der Waals surface area contributed by atoms with Crippen LogP contribution in [0.15, 0.2) is 77.7 Å². The van der Waals surface area contributed by atoms with Gasteiger partial charge in [0.05, 0.1) is 15.6 Å². The molecule has 3 aromatic carbocycles. The molecule has 0 spiro atoms. The molecule has 0 saturated heterocycles. The summed E-state index contributed by atoms with van der Waals surface area (Å²) in [5.74, 6) is -0.764. The van der Waals surface area contributed by atoms with Gasteiger partial charge >= 0.3 is 0 Å². The molecule has 0 saturated carbocycles. The molecule has 0 heterocycles. The molecule has 7 nitrogen and oxygen atoms in total. The highest BCUT2D eigenvalue weighted by Gasteiger charge is 2.34. The highest BCUT2D eigenvalue weighted by Crippen LogP contribution is 2.31. The molecule has 0 aliphatic rings. The Kier molecular flexibility index (Phi) is 11.2. The summed E-state index contributed by atoms with van der Waals surface area (Å²) in [5, 5.41) is 3.14. The Morgan fingerprint density at radius 3 is 2.20 bits per heavy atom. The molecule has 0 fully saturated rings. The number of sulfonamides is 1. The Bertz CT molecular complexity index is 1410. The maximum atomic E-state index is 14.1. The van der Waals surface area contributed by atoms with Gasteiger partial charge in [0.15, 0.2) is 0 Å². The number of rotatable bonds is 13. The molecule has 0 bridgehead atoms. The highest BCUT2D eigenvalue weighted by atomic mass is 35.5. The molecule has 214 valence electrons. The molecule has 1 atom stereocenters. The third-order valence-corrected chi connectivity index (χ3v) is 8.92. The van der Waals surface area contributed by atoms with E-state index in [1.165, 1.54) is 17.0 Å². The second-order valence-electron chi connectivity index (χ2n) is 9.79. The van der Waals surface area contributed by atoms with Gasteiger partial charge in [-0.1, -0.05) is 86.0 Å². The molecule has 0 unspecified atom stereocenters. The number of nitrogens with zero attached hydrogens (tertiary/aromatic N) is 2. The molecule has 0 aromatic heterocycles. The summed E-state index contributed by atoms with van der Waals surface area (Å²) in [6.07, 6.45) is 2.11. The minimum atomic E-state index is -4.17. The van der Waals surface area contributed by atoms with Crippen molar-refractivity contribution in [2.75, 3.05) is 17.4 Å². The van der Waals surface area contributed by atoms with E-state index in [4.69, 9.17) is 11.6 Å². The van der Waals surface area contributed by atoms with Gasteiger partial charge in [-0.25, -0.2) is 8.42 Å². The van der Waals surface area contributed by atoms with E-state index in [0.717, 1.165) is 33.8 Å². The van der Waals surface area contributed by atoms with Gasteiger partial charge < -0.3 is 10.2 Å². The minimum Gasteiger partial charge on any atom is -0.354 e. The Morgan fingerprint density at radius 1 is 0.925 bits per heavy atom. The predicted octanol–water partition coefficient (Wildman–Crippen LogP) is 5.88. The van der Waals surface area contributed by atoms with E-state index < -0.39 is 28.5 Å².